The fourth-order valence-electron chi connectivity index (χ4n) is 6.35. The molecule has 0 saturated heterocycles. The van der Waals surface area contributed by atoms with E-state index in [2.05, 4.69) is 131 Å². The maximum absolute atomic E-state index is 3.81. The molecule has 7 aromatic rings. The molecule has 0 unspecified atom stereocenters. The predicted molar refractivity (Wildman–Crippen MR) is 159 cm³/mol. The Hall–Kier alpha value is -3.40. The summed E-state index contributed by atoms with van der Waals surface area (Å²) in [4.78, 5) is 0. The molecule has 8 rings (SSSR count). The van der Waals surface area contributed by atoms with Crippen LogP contribution in [0, 0.1) is 0 Å². The topological polar surface area (TPSA) is 4.93 Å². The first-order valence-corrected chi connectivity index (χ1v) is 13.9. The number of para-hydroxylation sites is 1. The summed E-state index contributed by atoms with van der Waals surface area (Å²) in [6.07, 6.45) is 0. The van der Waals surface area contributed by atoms with E-state index in [4.69, 9.17) is 0 Å². The number of nitrogens with zero attached hydrogens (tertiary/aromatic N) is 1. The van der Waals surface area contributed by atoms with Crippen LogP contribution in [0.2, 0.25) is 0 Å². The standard InChI is InChI=1S/C33H22BrNS/c1-33(2)25-10-5-3-8-20(25)22-17-23-21-9-4-6-12-28(21)35(29(23)18-26(22)33)19-14-15-30-24(16-19)32-27(34)11-7-13-31(32)36-30/h3-18H,1-2H3. The molecular weight excluding hydrogens is 522 g/mol. The summed E-state index contributed by atoms with van der Waals surface area (Å²) < 4.78 is 6.25. The van der Waals surface area contributed by atoms with E-state index in [0.29, 0.717) is 0 Å². The molecule has 2 heterocycles. The Kier molecular flexibility index (Phi) is 4.09. The highest BCUT2D eigenvalue weighted by atomic mass is 79.9. The van der Waals surface area contributed by atoms with Gasteiger partial charge in [0, 0.05) is 46.5 Å². The smallest absolute Gasteiger partial charge is 0.0544 e. The second-order valence-electron chi connectivity index (χ2n) is 10.3. The Balaban J connectivity index is 1.49. The molecule has 0 amide bonds. The highest BCUT2D eigenvalue weighted by Crippen LogP contribution is 2.51. The number of halogens is 1. The van der Waals surface area contributed by atoms with Crippen molar-refractivity contribution in [3.8, 4) is 16.8 Å². The Bertz CT molecular complexity index is 2040. The summed E-state index contributed by atoms with van der Waals surface area (Å²) in [6.45, 7) is 4.72. The van der Waals surface area contributed by atoms with Crippen molar-refractivity contribution in [2.75, 3.05) is 0 Å². The van der Waals surface area contributed by atoms with Crippen molar-refractivity contribution in [1.29, 1.82) is 0 Å². The first-order chi connectivity index (χ1) is 17.5. The van der Waals surface area contributed by atoms with Crippen LogP contribution in [-0.4, -0.2) is 4.57 Å². The van der Waals surface area contributed by atoms with Gasteiger partial charge in [-0.25, -0.2) is 0 Å². The van der Waals surface area contributed by atoms with Crippen LogP contribution in [0.4, 0.5) is 0 Å². The largest absolute Gasteiger partial charge is 0.309 e. The number of thiophene rings is 1. The molecule has 3 heteroatoms. The van der Waals surface area contributed by atoms with Crippen molar-refractivity contribution < 1.29 is 0 Å². The Morgan fingerprint density at radius 2 is 1.47 bits per heavy atom. The molecule has 1 aliphatic carbocycles. The number of hydrogen-bond acceptors (Lipinski definition) is 1. The Morgan fingerprint density at radius 3 is 2.39 bits per heavy atom. The number of hydrogen-bond donors (Lipinski definition) is 0. The van der Waals surface area contributed by atoms with Crippen LogP contribution < -0.4 is 0 Å². The minimum Gasteiger partial charge on any atom is -0.309 e. The molecule has 0 atom stereocenters. The number of rotatable bonds is 1. The molecular formula is C33H22BrNS. The molecule has 1 nitrogen and oxygen atoms in total. The maximum Gasteiger partial charge on any atom is 0.0544 e. The number of benzene rings is 5. The van der Waals surface area contributed by atoms with Crippen molar-refractivity contribution in [2.45, 2.75) is 19.3 Å². The van der Waals surface area contributed by atoms with Crippen LogP contribution in [0.15, 0.2) is 102 Å². The molecule has 1 aliphatic rings. The molecule has 36 heavy (non-hydrogen) atoms. The zero-order valence-corrected chi connectivity index (χ0v) is 22.4. The van der Waals surface area contributed by atoms with Crippen LogP contribution in [-0.2, 0) is 5.41 Å². The van der Waals surface area contributed by atoms with E-state index in [-0.39, 0.29) is 5.41 Å². The summed E-state index contributed by atoms with van der Waals surface area (Å²) in [5.74, 6) is 0. The summed E-state index contributed by atoms with van der Waals surface area (Å²) in [7, 11) is 0. The average Bonchev–Trinajstić information content (AvgIpc) is 3.50. The van der Waals surface area contributed by atoms with E-state index in [9.17, 15) is 0 Å². The van der Waals surface area contributed by atoms with Crippen LogP contribution in [0.5, 0.6) is 0 Å². The highest BCUT2D eigenvalue weighted by molar-refractivity contribution is 9.10. The Morgan fingerprint density at radius 1 is 0.639 bits per heavy atom. The first kappa shape index (κ1) is 20.8. The number of aromatic nitrogens is 1. The van der Waals surface area contributed by atoms with Crippen LogP contribution in [0.25, 0.3) is 58.8 Å². The fourth-order valence-corrected chi connectivity index (χ4v) is 8.18. The first-order valence-electron chi connectivity index (χ1n) is 12.3. The normalized spacial score (nSPS) is 14.2. The zero-order chi connectivity index (χ0) is 24.2. The van der Waals surface area contributed by atoms with Gasteiger partial charge in [0.05, 0.1) is 11.0 Å². The maximum atomic E-state index is 3.81. The van der Waals surface area contributed by atoms with Gasteiger partial charge in [0.1, 0.15) is 0 Å². The van der Waals surface area contributed by atoms with Gasteiger partial charge in [0.25, 0.3) is 0 Å². The lowest BCUT2D eigenvalue weighted by molar-refractivity contribution is 0.661. The quantitative estimate of drug-likeness (QED) is 0.194. The lowest BCUT2D eigenvalue weighted by Gasteiger charge is -2.21. The molecule has 0 aliphatic heterocycles. The molecule has 0 bridgehead atoms. The molecule has 2 aromatic heterocycles. The van der Waals surface area contributed by atoms with Crippen molar-refractivity contribution in [3.63, 3.8) is 0 Å². The van der Waals surface area contributed by atoms with E-state index in [1.165, 1.54) is 69.9 Å². The minimum absolute atomic E-state index is 0.0280. The van der Waals surface area contributed by atoms with Gasteiger partial charge in [0.2, 0.25) is 0 Å². The molecule has 0 spiro atoms. The van der Waals surface area contributed by atoms with Gasteiger partial charge >= 0.3 is 0 Å². The van der Waals surface area contributed by atoms with E-state index in [1.807, 2.05) is 11.3 Å². The molecule has 0 N–H and O–H groups in total. The third-order valence-corrected chi connectivity index (χ3v) is 9.86. The molecule has 172 valence electrons. The van der Waals surface area contributed by atoms with Gasteiger partial charge in [-0.05, 0) is 70.8 Å². The van der Waals surface area contributed by atoms with Crippen molar-refractivity contribution >= 4 is 69.2 Å². The molecule has 0 saturated carbocycles. The van der Waals surface area contributed by atoms with Gasteiger partial charge in [-0.2, -0.15) is 0 Å². The summed E-state index contributed by atoms with van der Waals surface area (Å²) in [5.41, 5.74) is 9.26. The van der Waals surface area contributed by atoms with Crippen molar-refractivity contribution in [2.24, 2.45) is 0 Å². The van der Waals surface area contributed by atoms with Gasteiger partial charge in [-0.1, -0.05) is 78.3 Å². The fraction of sp³-hybridized carbons (Fsp3) is 0.0909. The van der Waals surface area contributed by atoms with Gasteiger partial charge in [-0.3, -0.25) is 0 Å². The van der Waals surface area contributed by atoms with Crippen LogP contribution >= 0.6 is 27.3 Å². The third kappa shape index (κ3) is 2.60. The molecule has 0 fully saturated rings. The van der Waals surface area contributed by atoms with Crippen molar-refractivity contribution in [3.05, 3.63) is 113 Å². The monoisotopic (exact) mass is 543 g/mol. The van der Waals surface area contributed by atoms with E-state index < -0.39 is 0 Å². The summed E-state index contributed by atoms with van der Waals surface area (Å²) in [5, 5.41) is 5.22. The second-order valence-corrected chi connectivity index (χ2v) is 12.3. The van der Waals surface area contributed by atoms with Crippen molar-refractivity contribution in [1.82, 2.24) is 4.57 Å². The molecule has 0 radical (unpaired) electrons. The van der Waals surface area contributed by atoms with Gasteiger partial charge in [-0.15, -0.1) is 11.3 Å². The van der Waals surface area contributed by atoms with E-state index in [0.717, 1.165) is 4.47 Å². The third-order valence-electron chi connectivity index (χ3n) is 8.06. The zero-order valence-electron chi connectivity index (χ0n) is 20.0. The lowest BCUT2D eigenvalue weighted by Crippen LogP contribution is -2.14. The van der Waals surface area contributed by atoms with Crippen LogP contribution in [0.1, 0.15) is 25.0 Å². The second kappa shape index (κ2) is 7.09. The van der Waals surface area contributed by atoms with Gasteiger partial charge < -0.3 is 4.57 Å². The summed E-state index contributed by atoms with van der Waals surface area (Å²) >= 11 is 5.67. The summed E-state index contributed by atoms with van der Waals surface area (Å²) in [6, 6.07) is 36.0. The molecule has 5 aromatic carbocycles. The van der Waals surface area contributed by atoms with E-state index in [1.54, 1.807) is 0 Å². The predicted octanol–water partition coefficient (Wildman–Crippen LogP) is 10.2. The minimum atomic E-state index is -0.0280. The van der Waals surface area contributed by atoms with Gasteiger partial charge in [0.15, 0.2) is 0 Å². The van der Waals surface area contributed by atoms with E-state index >= 15 is 0 Å². The Labute approximate surface area is 221 Å². The highest BCUT2D eigenvalue weighted by Gasteiger charge is 2.36. The average molecular weight is 545 g/mol. The SMILES string of the molecule is CC1(C)c2ccccc2-c2cc3c4ccccc4n(-c4ccc5sc6cccc(Br)c6c5c4)c3cc21. The number of fused-ring (bicyclic) bond motifs is 9. The van der Waals surface area contributed by atoms with Crippen LogP contribution in [0.3, 0.4) is 0 Å². The lowest BCUT2D eigenvalue weighted by atomic mass is 9.82.